The average Bonchev–Trinajstić information content (AvgIpc) is 2.38. The molecular formula is C13H18F2N2O2. The van der Waals surface area contributed by atoms with Crippen LogP contribution in [0.5, 0.6) is 0 Å². The summed E-state index contributed by atoms with van der Waals surface area (Å²) in [7, 11) is 0. The van der Waals surface area contributed by atoms with Gasteiger partial charge in [0.1, 0.15) is 0 Å². The number of hydrogen-bond acceptors (Lipinski definition) is 3. The van der Waals surface area contributed by atoms with Gasteiger partial charge in [-0.3, -0.25) is 4.79 Å². The Morgan fingerprint density at radius 2 is 2.00 bits per heavy atom. The molecule has 0 spiro atoms. The molecule has 2 N–H and O–H groups in total. The van der Waals surface area contributed by atoms with Gasteiger partial charge in [-0.25, -0.2) is 8.78 Å². The molecular weight excluding hydrogens is 254 g/mol. The maximum absolute atomic E-state index is 12.4. The summed E-state index contributed by atoms with van der Waals surface area (Å²) in [5.74, 6) is -0.502. The van der Waals surface area contributed by atoms with Crippen molar-refractivity contribution in [3.63, 3.8) is 0 Å². The van der Waals surface area contributed by atoms with E-state index in [1.54, 1.807) is 24.3 Å². The van der Waals surface area contributed by atoms with Gasteiger partial charge >= 0.3 is 0 Å². The van der Waals surface area contributed by atoms with Crippen LogP contribution in [0.2, 0.25) is 0 Å². The zero-order chi connectivity index (χ0) is 14.3. The summed E-state index contributed by atoms with van der Waals surface area (Å²) in [6.07, 6.45) is -2.61. The number of aliphatic hydroxyl groups excluding tert-OH is 1. The molecule has 19 heavy (non-hydrogen) atoms. The molecule has 0 bridgehead atoms. The monoisotopic (exact) mass is 272 g/mol. The minimum Gasteiger partial charge on any atom is -0.395 e. The zero-order valence-corrected chi connectivity index (χ0v) is 10.8. The first kappa shape index (κ1) is 15.4. The average molecular weight is 272 g/mol. The summed E-state index contributed by atoms with van der Waals surface area (Å²) >= 11 is 0. The van der Waals surface area contributed by atoms with Crippen molar-refractivity contribution in [3.05, 3.63) is 29.8 Å². The number of hydrogen-bond donors (Lipinski definition) is 2. The van der Waals surface area contributed by atoms with Crippen LogP contribution in [0.15, 0.2) is 24.3 Å². The van der Waals surface area contributed by atoms with E-state index in [0.717, 1.165) is 17.1 Å². The Hall–Kier alpha value is -1.69. The van der Waals surface area contributed by atoms with E-state index in [-0.39, 0.29) is 13.2 Å². The van der Waals surface area contributed by atoms with Crippen LogP contribution in [0.25, 0.3) is 0 Å². The van der Waals surface area contributed by atoms with Crippen molar-refractivity contribution in [3.8, 4) is 0 Å². The summed E-state index contributed by atoms with van der Waals surface area (Å²) in [6, 6.07) is 6.60. The molecule has 0 aliphatic rings. The van der Waals surface area contributed by atoms with Gasteiger partial charge in [0, 0.05) is 24.3 Å². The summed E-state index contributed by atoms with van der Waals surface area (Å²) < 4.78 is 24.7. The van der Waals surface area contributed by atoms with Crippen molar-refractivity contribution < 1.29 is 18.7 Å². The minimum atomic E-state index is -2.61. The van der Waals surface area contributed by atoms with Crippen LogP contribution >= 0.6 is 0 Å². The van der Waals surface area contributed by atoms with E-state index in [0.29, 0.717) is 5.56 Å². The minimum absolute atomic E-state index is 0.0991. The van der Waals surface area contributed by atoms with Gasteiger partial charge in [-0.1, -0.05) is 0 Å². The first-order valence-corrected chi connectivity index (χ1v) is 6.10. The number of rotatable bonds is 7. The molecule has 1 amide bonds. The van der Waals surface area contributed by atoms with Crippen molar-refractivity contribution >= 4 is 11.6 Å². The highest BCUT2D eigenvalue weighted by atomic mass is 19.3. The van der Waals surface area contributed by atoms with Gasteiger partial charge in [-0.05, 0) is 31.2 Å². The quantitative estimate of drug-likeness (QED) is 0.796. The van der Waals surface area contributed by atoms with E-state index in [1.165, 1.54) is 0 Å². The largest absolute Gasteiger partial charge is 0.395 e. The fourth-order valence-corrected chi connectivity index (χ4v) is 1.68. The van der Waals surface area contributed by atoms with Crippen molar-refractivity contribution in [1.29, 1.82) is 0 Å². The van der Waals surface area contributed by atoms with Gasteiger partial charge in [-0.15, -0.1) is 0 Å². The Balaban J connectivity index is 2.77. The van der Waals surface area contributed by atoms with Crippen LogP contribution < -0.4 is 5.32 Å². The number of carbonyl (C=O) groups is 1. The Labute approximate surface area is 111 Å². The third kappa shape index (κ3) is 4.82. The maximum Gasteiger partial charge on any atom is 0.255 e. The molecule has 0 unspecified atom stereocenters. The molecule has 1 aromatic carbocycles. The second-order valence-corrected chi connectivity index (χ2v) is 3.97. The Bertz CT molecular complexity index is 396. The first-order chi connectivity index (χ1) is 9.08. The predicted molar refractivity (Wildman–Crippen MR) is 69.6 cm³/mol. The highest BCUT2D eigenvalue weighted by Gasteiger charge is 2.19. The second-order valence-electron chi connectivity index (χ2n) is 3.97. The van der Waals surface area contributed by atoms with Crippen LogP contribution in [0.4, 0.5) is 14.5 Å². The molecule has 0 saturated carbocycles. The van der Waals surface area contributed by atoms with Crippen LogP contribution in [0.3, 0.4) is 0 Å². The van der Waals surface area contributed by atoms with Crippen LogP contribution in [0, 0.1) is 0 Å². The van der Waals surface area contributed by atoms with Gasteiger partial charge < -0.3 is 15.3 Å². The highest BCUT2D eigenvalue weighted by Crippen LogP contribution is 2.12. The van der Waals surface area contributed by atoms with Crippen LogP contribution in [-0.4, -0.2) is 48.6 Å². The lowest BCUT2D eigenvalue weighted by Gasteiger charge is -2.21. The molecule has 0 aliphatic heterocycles. The number of nitrogens with one attached hydrogen (secondary N) is 1. The Morgan fingerprint density at radius 3 is 2.47 bits per heavy atom. The molecule has 1 rings (SSSR count). The van der Waals surface area contributed by atoms with Crippen molar-refractivity contribution in [2.75, 3.05) is 31.6 Å². The molecule has 0 atom stereocenters. The molecule has 0 radical (unpaired) electrons. The van der Waals surface area contributed by atoms with E-state index >= 15 is 0 Å². The number of halogens is 2. The maximum atomic E-state index is 12.4. The van der Waals surface area contributed by atoms with Gasteiger partial charge in [0.25, 0.3) is 12.3 Å². The lowest BCUT2D eigenvalue weighted by atomic mass is 10.1. The van der Waals surface area contributed by atoms with Gasteiger partial charge in [0.2, 0.25) is 0 Å². The molecule has 0 aromatic heterocycles. The van der Waals surface area contributed by atoms with Crippen molar-refractivity contribution in [2.45, 2.75) is 13.3 Å². The normalized spacial score (nSPS) is 10.6. The third-order valence-electron chi connectivity index (χ3n) is 2.53. The van der Waals surface area contributed by atoms with E-state index in [9.17, 15) is 13.6 Å². The van der Waals surface area contributed by atoms with Crippen LogP contribution in [-0.2, 0) is 0 Å². The second kappa shape index (κ2) is 7.68. The molecule has 0 aliphatic carbocycles. The van der Waals surface area contributed by atoms with E-state index < -0.39 is 18.9 Å². The van der Waals surface area contributed by atoms with E-state index in [4.69, 9.17) is 5.11 Å². The standard InChI is InChI=1S/C13H18F2N2O2/c1-2-16-11-5-3-10(4-6-11)13(19)17(7-8-18)9-12(14)15/h3-6,12,16,18H,2,7-9H2,1H3. The molecule has 4 nitrogen and oxygen atoms in total. The third-order valence-corrected chi connectivity index (χ3v) is 2.53. The lowest BCUT2D eigenvalue weighted by Crippen LogP contribution is -2.37. The fourth-order valence-electron chi connectivity index (χ4n) is 1.68. The number of amides is 1. The number of alkyl halides is 2. The molecule has 0 saturated heterocycles. The number of nitrogens with zero attached hydrogens (tertiary/aromatic N) is 1. The lowest BCUT2D eigenvalue weighted by molar-refractivity contribution is 0.0509. The Morgan fingerprint density at radius 1 is 1.37 bits per heavy atom. The van der Waals surface area contributed by atoms with E-state index in [2.05, 4.69) is 5.32 Å². The Kier molecular flexibility index (Phi) is 6.21. The molecule has 0 heterocycles. The number of carbonyl (C=O) groups excluding carboxylic acids is 1. The summed E-state index contributed by atoms with van der Waals surface area (Å²) in [6.45, 7) is 1.60. The number of aliphatic hydroxyl groups is 1. The first-order valence-electron chi connectivity index (χ1n) is 6.10. The van der Waals surface area contributed by atoms with Gasteiger partial charge in [0.05, 0.1) is 13.2 Å². The molecule has 106 valence electrons. The molecule has 1 aromatic rings. The smallest absolute Gasteiger partial charge is 0.255 e. The highest BCUT2D eigenvalue weighted by molar-refractivity contribution is 5.94. The summed E-state index contributed by atoms with van der Waals surface area (Å²) in [5, 5.41) is 11.9. The summed E-state index contributed by atoms with van der Waals surface area (Å²) in [5.41, 5.74) is 1.19. The summed E-state index contributed by atoms with van der Waals surface area (Å²) in [4.78, 5) is 13.0. The van der Waals surface area contributed by atoms with Crippen molar-refractivity contribution in [1.82, 2.24) is 4.90 Å². The van der Waals surface area contributed by atoms with Gasteiger partial charge in [0.15, 0.2) is 0 Å². The van der Waals surface area contributed by atoms with E-state index in [1.807, 2.05) is 6.92 Å². The molecule has 0 fully saturated rings. The topological polar surface area (TPSA) is 52.6 Å². The van der Waals surface area contributed by atoms with Gasteiger partial charge in [-0.2, -0.15) is 0 Å². The molecule has 6 heteroatoms. The number of anilines is 1. The zero-order valence-electron chi connectivity index (χ0n) is 10.8. The number of benzene rings is 1. The van der Waals surface area contributed by atoms with Crippen LogP contribution in [0.1, 0.15) is 17.3 Å². The van der Waals surface area contributed by atoms with Crippen molar-refractivity contribution in [2.24, 2.45) is 0 Å². The SMILES string of the molecule is CCNc1ccc(C(=O)N(CCO)CC(F)F)cc1. The fraction of sp³-hybridized carbons (Fsp3) is 0.462. The predicted octanol–water partition coefficient (Wildman–Crippen LogP) is 1.82.